The molecule has 1 unspecified atom stereocenters. The van der Waals surface area contributed by atoms with E-state index in [1.54, 1.807) is 47.4 Å². The molecule has 1 aliphatic heterocycles. The smallest absolute Gasteiger partial charge is 0.229 e. The minimum atomic E-state index is -0.300. The Morgan fingerprint density at radius 2 is 1.96 bits per heavy atom. The van der Waals surface area contributed by atoms with Crippen molar-refractivity contribution in [3.63, 3.8) is 0 Å². The van der Waals surface area contributed by atoms with E-state index in [1.165, 1.54) is 13.0 Å². The number of anilines is 1. The van der Waals surface area contributed by atoms with E-state index in [0.29, 0.717) is 24.3 Å². The predicted molar refractivity (Wildman–Crippen MR) is 91.7 cm³/mol. The van der Waals surface area contributed by atoms with Crippen molar-refractivity contribution < 1.29 is 18.7 Å². The van der Waals surface area contributed by atoms with Crippen molar-refractivity contribution in [1.82, 2.24) is 5.32 Å². The zero-order valence-electron chi connectivity index (χ0n) is 13.9. The van der Waals surface area contributed by atoms with Crippen molar-refractivity contribution >= 4 is 17.5 Å². The lowest BCUT2D eigenvalue weighted by molar-refractivity contribution is -0.119. The van der Waals surface area contributed by atoms with Crippen molar-refractivity contribution in [2.75, 3.05) is 11.4 Å². The number of ether oxygens (including phenoxy) is 1. The summed E-state index contributed by atoms with van der Waals surface area (Å²) in [5, 5.41) is 2.77. The number of carbonyl (C=O) groups is 2. The van der Waals surface area contributed by atoms with Gasteiger partial charge in [-0.2, -0.15) is 0 Å². The Balaban J connectivity index is 1.61. The number of carbonyl (C=O) groups excluding carboxylic acids is 2. The fourth-order valence-corrected chi connectivity index (χ4v) is 2.84. The van der Waals surface area contributed by atoms with Gasteiger partial charge in [0.25, 0.3) is 0 Å². The average molecular weight is 342 g/mol. The summed E-state index contributed by atoms with van der Waals surface area (Å²) in [6.07, 6.45) is 0.297. The van der Waals surface area contributed by atoms with Crippen molar-refractivity contribution in [3.05, 3.63) is 59.9 Å². The molecule has 2 aromatic rings. The number of rotatable bonds is 5. The molecule has 1 heterocycles. The van der Waals surface area contributed by atoms with Gasteiger partial charge in [-0.05, 0) is 30.3 Å². The Morgan fingerprint density at radius 3 is 2.64 bits per heavy atom. The molecule has 1 saturated heterocycles. The van der Waals surface area contributed by atoms with Gasteiger partial charge >= 0.3 is 0 Å². The Morgan fingerprint density at radius 1 is 1.24 bits per heavy atom. The van der Waals surface area contributed by atoms with Gasteiger partial charge in [-0.1, -0.05) is 18.2 Å². The maximum atomic E-state index is 13.6. The first kappa shape index (κ1) is 17.0. The second kappa shape index (κ2) is 7.34. The van der Waals surface area contributed by atoms with Crippen LogP contribution in [-0.4, -0.2) is 24.4 Å². The van der Waals surface area contributed by atoms with E-state index < -0.39 is 0 Å². The SMILES string of the molecule is CC(=O)NC1CC(=O)N(c2ccc(OCc3ccccc3F)cc2)C1. The summed E-state index contributed by atoms with van der Waals surface area (Å²) in [6, 6.07) is 13.4. The summed E-state index contributed by atoms with van der Waals surface area (Å²) in [7, 11) is 0. The van der Waals surface area contributed by atoms with Gasteiger partial charge in [0.05, 0.1) is 6.04 Å². The maximum Gasteiger partial charge on any atom is 0.229 e. The summed E-state index contributed by atoms with van der Waals surface area (Å²) in [5.41, 5.74) is 1.23. The van der Waals surface area contributed by atoms with Gasteiger partial charge in [0, 0.05) is 31.1 Å². The standard InChI is InChI=1S/C19H19FN2O3/c1-13(23)21-15-10-19(24)22(11-15)16-6-8-17(9-7-16)25-12-14-4-2-3-5-18(14)20/h2-9,15H,10-12H2,1H3,(H,21,23). The van der Waals surface area contributed by atoms with Gasteiger partial charge in [-0.15, -0.1) is 0 Å². The number of amides is 2. The number of benzene rings is 2. The molecule has 0 aromatic heterocycles. The zero-order chi connectivity index (χ0) is 17.8. The third-order valence-electron chi connectivity index (χ3n) is 4.03. The normalized spacial score (nSPS) is 16.8. The molecule has 25 heavy (non-hydrogen) atoms. The van der Waals surface area contributed by atoms with E-state index in [4.69, 9.17) is 4.74 Å². The van der Waals surface area contributed by atoms with E-state index in [2.05, 4.69) is 5.32 Å². The molecule has 1 N–H and O–H groups in total. The highest BCUT2D eigenvalue weighted by molar-refractivity contribution is 5.96. The highest BCUT2D eigenvalue weighted by atomic mass is 19.1. The van der Waals surface area contributed by atoms with Gasteiger partial charge < -0.3 is 15.0 Å². The predicted octanol–water partition coefficient (Wildman–Crippen LogP) is 2.65. The van der Waals surface area contributed by atoms with Crippen molar-refractivity contribution in [2.24, 2.45) is 0 Å². The van der Waals surface area contributed by atoms with Crippen LogP contribution in [0.25, 0.3) is 0 Å². The van der Waals surface area contributed by atoms with Gasteiger partial charge in [-0.25, -0.2) is 4.39 Å². The molecule has 0 spiro atoms. The number of hydrogen-bond donors (Lipinski definition) is 1. The van der Waals surface area contributed by atoms with E-state index >= 15 is 0 Å². The highest BCUT2D eigenvalue weighted by Gasteiger charge is 2.30. The highest BCUT2D eigenvalue weighted by Crippen LogP contribution is 2.24. The fraction of sp³-hybridized carbons (Fsp3) is 0.263. The summed E-state index contributed by atoms with van der Waals surface area (Å²) < 4.78 is 19.2. The molecule has 1 fully saturated rings. The van der Waals surface area contributed by atoms with E-state index in [1.807, 2.05) is 0 Å². The minimum absolute atomic E-state index is 0.0289. The van der Waals surface area contributed by atoms with Gasteiger partial charge in [0.1, 0.15) is 18.2 Å². The molecule has 130 valence electrons. The lowest BCUT2D eigenvalue weighted by Gasteiger charge is -2.17. The van der Waals surface area contributed by atoms with Crippen LogP contribution in [0.4, 0.5) is 10.1 Å². The van der Waals surface area contributed by atoms with Crippen LogP contribution in [0.5, 0.6) is 5.75 Å². The van der Waals surface area contributed by atoms with Crippen LogP contribution in [0.1, 0.15) is 18.9 Å². The molecule has 3 rings (SSSR count). The number of hydrogen-bond acceptors (Lipinski definition) is 3. The quantitative estimate of drug-likeness (QED) is 0.909. The van der Waals surface area contributed by atoms with E-state index in [9.17, 15) is 14.0 Å². The van der Waals surface area contributed by atoms with Crippen LogP contribution in [0, 0.1) is 5.82 Å². The molecule has 0 aliphatic carbocycles. The largest absolute Gasteiger partial charge is 0.489 e. The van der Waals surface area contributed by atoms with Crippen LogP contribution in [0.15, 0.2) is 48.5 Å². The number of halogens is 1. The van der Waals surface area contributed by atoms with Crippen LogP contribution in [-0.2, 0) is 16.2 Å². The molecule has 0 saturated carbocycles. The van der Waals surface area contributed by atoms with Gasteiger partial charge in [0.15, 0.2) is 0 Å². The van der Waals surface area contributed by atoms with E-state index in [0.717, 1.165) is 5.69 Å². The Labute approximate surface area is 145 Å². The molecule has 5 nitrogen and oxygen atoms in total. The van der Waals surface area contributed by atoms with Crippen molar-refractivity contribution in [3.8, 4) is 5.75 Å². The zero-order valence-corrected chi connectivity index (χ0v) is 13.9. The molecule has 0 bridgehead atoms. The third-order valence-corrected chi connectivity index (χ3v) is 4.03. The molecule has 1 aliphatic rings. The van der Waals surface area contributed by atoms with Gasteiger partial charge in [-0.3, -0.25) is 9.59 Å². The molecule has 2 amide bonds. The molecule has 0 radical (unpaired) electrons. The molecular weight excluding hydrogens is 323 g/mol. The Kier molecular flexibility index (Phi) is 4.97. The van der Waals surface area contributed by atoms with Crippen LogP contribution >= 0.6 is 0 Å². The topological polar surface area (TPSA) is 58.6 Å². The van der Waals surface area contributed by atoms with Gasteiger partial charge in [0.2, 0.25) is 11.8 Å². The van der Waals surface area contributed by atoms with E-state index in [-0.39, 0.29) is 30.3 Å². The second-order valence-electron chi connectivity index (χ2n) is 5.98. The fourth-order valence-electron chi connectivity index (χ4n) is 2.84. The van der Waals surface area contributed by atoms with Crippen LogP contribution in [0.3, 0.4) is 0 Å². The summed E-state index contributed by atoms with van der Waals surface area (Å²) in [6.45, 7) is 2.03. The minimum Gasteiger partial charge on any atom is -0.489 e. The van der Waals surface area contributed by atoms with Crippen molar-refractivity contribution in [1.29, 1.82) is 0 Å². The first-order chi connectivity index (χ1) is 12.0. The lowest BCUT2D eigenvalue weighted by atomic mass is 10.2. The third kappa shape index (κ3) is 4.15. The molecule has 1 atom stereocenters. The monoisotopic (exact) mass is 342 g/mol. The average Bonchev–Trinajstić information content (AvgIpc) is 2.94. The second-order valence-corrected chi connectivity index (χ2v) is 5.98. The maximum absolute atomic E-state index is 13.6. The Hall–Kier alpha value is -2.89. The van der Waals surface area contributed by atoms with Crippen LogP contribution in [0.2, 0.25) is 0 Å². The molecule has 2 aromatic carbocycles. The summed E-state index contributed by atoms with van der Waals surface area (Å²) >= 11 is 0. The Bertz CT molecular complexity index is 776. The molecule has 6 heteroatoms. The first-order valence-electron chi connectivity index (χ1n) is 8.06. The van der Waals surface area contributed by atoms with Crippen molar-refractivity contribution in [2.45, 2.75) is 26.0 Å². The number of nitrogens with zero attached hydrogens (tertiary/aromatic N) is 1. The molecular formula is C19H19FN2O3. The number of nitrogens with one attached hydrogen (secondary N) is 1. The van der Waals surface area contributed by atoms with Crippen LogP contribution < -0.4 is 15.0 Å². The first-order valence-corrected chi connectivity index (χ1v) is 8.06. The summed E-state index contributed by atoms with van der Waals surface area (Å²) in [4.78, 5) is 24.9. The summed E-state index contributed by atoms with van der Waals surface area (Å²) in [5.74, 6) is 0.123. The lowest BCUT2D eigenvalue weighted by Crippen LogP contribution is -2.35.